The van der Waals surface area contributed by atoms with Crippen molar-refractivity contribution in [2.75, 3.05) is 19.8 Å². The molecule has 1 aromatic carbocycles. The number of nitrogens with two attached hydrogens (primary N) is 1. The van der Waals surface area contributed by atoms with E-state index in [1.165, 1.54) is 6.07 Å². The number of rotatable bonds is 5. The van der Waals surface area contributed by atoms with Crippen LogP contribution >= 0.6 is 15.9 Å². The zero-order chi connectivity index (χ0) is 13.8. The fraction of sp³-hybridized carbons (Fsp3) is 0.462. The number of hydrogen-bond acceptors (Lipinski definition) is 3. The molecule has 4 nitrogen and oxygen atoms in total. The Morgan fingerprint density at radius 1 is 1.63 bits per heavy atom. The van der Waals surface area contributed by atoms with Crippen LogP contribution < -0.4 is 11.1 Å². The highest BCUT2D eigenvalue weighted by molar-refractivity contribution is 9.10. The summed E-state index contributed by atoms with van der Waals surface area (Å²) >= 11 is 3.18. The molecule has 0 spiro atoms. The van der Waals surface area contributed by atoms with Crippen molar-refractivity contribution in [3.63, 3.8) is 0 Å². The quantitative estimate of drug-likeness (QED) is 0.864. The van der Waals surface area contributed by atoms with Crippen molar-refractivity contribution in [3.8, 4) is 0 Å². The van der Waals surface area contributed by atoms with Crippen LogP contribution in [0.25, 0.3) is 0 Å². The third kappa shape index (κ3) is 3.75. The molecule has 6 heteroatoms. The Bertz CT molecular complexity index is 464. The van der Waals surface area contributed by atoms with E-state index in [1.54, 1.807) is 12.1 Å². The number of primary amides is 1. The van der Waals surface area contributed by atoms with E-state index in [9.17, 15) is 9.18 Å². The molecule has 1 fully saturated rings. The molecule has 2 rings (SSSR count). The van der Waals surface area contributed by atoms with Crippen molar-refractivity contribution in [1.29, 1.82) is 0 Å². The molecule has 1 aromatic rings. The Labute approximate surface area is 119 Å². The second-order valence-corrected chi connectivity index (χ2v) is 5.55. The van der Waals surface area contributed by atoms with Gasteiger partial charge < -0.3 is 15.8 Å². The fourth-order valence-corrected chi connectivity index (χ4v) is 2.46. The summed E-state index contributed by atoms with van der Waals surface area (Å²) in [4.78, 5) is 11.5. The molecule has 1 saturated heterocycles. The summed E-state index contributed by atoms with van der Waals surface area (Å²) in [6.45, 7) is 1.99. The topological polar surface area (TPSA) is 64.4 Å². The summed E-state index contributed by atoms with van der Waals surface area (Å²) < 4.78 is 19.7. The first-order valence-corrected chi connectivity index (χ1v) is 6.92. The predicted molar refractivity (Wildman–Crippen MR) is 73.0 cm³/mol. The van der Waals surface area contributed by atoms with Crippen LogP contribution in [0.15, 0.2) is 22.7 Å². The van der Waals surface area contributed by atoms with E-state index in [2.05, 4.69) is 21.2 Å². The van der Waals surface area contributed by atoms with Gasteiger partial charge in [0.2, 0.25) is 5.91 Å². The molecule has 1 aliphatic heterocycles. The predicted octanol–water partition coefficient (Wildman–Crippen LogP) is 1.74. The lowest BCUT2D eigenvalue weighted by molar-refractivity contribution is -0.120. The number of carbonyl (C=O) groups excluding carboxylic acids is 1. The number of hydrogen-bond donors (Lipinski definition) is 2. The first-order chi connectivity index (χ1) is 9.08. The lowest BCUT2D eigenvalue weighted by Crippen LogP contribution is -2.37. The summed E-state index contributed by atoms with van der Waals surface area (Å²) in [6.07, 6.45) is 0.946. The molecule has 0 unspecified atom stereocenters. The van der Waals surface area contributed by atoms with Crippen LogP contribution in [0.1, 0.15) is 18.0 Å². The number of halogens is 2. The van der Waals surface area contributed by atoms with Crippen molar-refractivity contribution in [2.24, 2.45) is 11.7 Å². The van der Waals surface area contributed by atoms with Gasteiger partial charge in [-0.1, -0.05) is 22.0 Å². The molecule has 2 atom stereocenters. The van der Waals surface area contributed by atoms with E-state index in [0.29, 0.717) is 23.5 Å². The van der Waals surface area contributed by atoms with E-state index in [4.69, 9.17) is 10.5 Å². The molecule has 1 heterocycles. The lowest BCUT2D eigenvalue weighted by atomic mass is 10.0. The molecule has 19 heavy (non-hydrogen) atoms. The van der Waals surface area contributed by atoms with Crippen molar-refractivity contribution >= 4 is 21.8 Å². The van der Waals surface area contributed by atoms with Crippen LogP contribution in [0.3, 0.4) is 0 Å². The summed E-state index contributed by atoms with van der Waals surface area (Å²) in [5.41, 5.74) is 5.62. The van der Waals surface area contributed by atoms with Crippen molar-refractivity contribution in [2.45, 2.75) is 12.5 Å². The number of amides is 1. The SMILES string of the molecule is NC(=O)[C@H](NC[C@@H]1CCOC1)c1ccc(Br)cc1F. The number of carbonyl (C=O) groups is 1. The third-order valence-electron chi connectivity index (χ3n) is 3.19. The smallest absolute Gasteiger partial charge is 0.239 e. The third-order valence-corrected chi connectivity index (χ3v) is 3.69. The summed E-state index contributed by atoms with van der Waals surface area (Å²) in [5, 5.41) is 3.03. The van der Waals surface area contributed by atoms with Gasteiger partial charge in [0.05, 0.1) is 6.61 Å². The minimum absolute atomic E-state index is 0.273. The summed E-state index contributed by atoms with van der Waals surface area (Å²) in [5.74, 6) is -0.686. The van der Waals surface area contributed by atoms with Crippen LogP contribution in [-0.2, 0) is 9.53 Å². The van der Waals surface area contributed by atoms with Gasteiger partial charge in [-0.05, 0) is 24.5 Å². The average Bonchev–Trinajstić information content (AvgIpc) is 2.84. The van der Waals surface area contributed by atoms with Gasteiger partial charge in [0, 0.05) is 23.2 Å². The maximum absolute atomic E-state index is 13.9. The highest BCUT2D eigenvalue weighted by Gasteiger charge is 2.23. The minimum atomic E-state index is -0.811. The first kappa shape index (κ1) is 14.4. The Morgan fingerprint density at radius 3 is 3.00 bits per heavy atom. The van der Waals surface area contributed by atoms with Gasteiger partial charge in [-0.3, -0.25) is 4.79 Å². The van der Waals surface area contributed by atoms with E-state index in [-0.39, 0.29) is 5.56 Å². The van der Waals surface area contributed by atoms with Crippen molar-refractivity contribution in [1.82, 2.24) is 5.32 Å². The Hall–Kier alpha value is -0.980. The number of ether oxygens (including phenoxy) is 1. The van der Waals surface area contributed by atoms with E-state index >= 15 is 0 Å². The number of benzene rings is 1. The maximum Gasteiger partial charge on any atom is 0.239 e. The first-order valence-electron chi connectivity index (χ1n) is 6.13. The second kappa shape index (κ2) is 6.45. The van der Waals surface area contributed by atoms with Gasteiger partial charge in [-0.15, -0.1) is 0 Å². The molecule has 1 amide bonds. The van der Waals surface area contributed by atoms with E-state index in [0.717, 1.165) is 13.0 Å². The molecule has 0 radical (unpaired) electrons. The van der Waals surface area contributed by atoms with Gasteiger partial charge in [0.1, 0.15) is 11.9 Å². The Balaban J connectivity index is 2.08. The highest BCUT2D eigenvalue weighted by Crippen LogP contribution is 2.22. The van der Waals surface area contributed by atoms with Crippen LogP contribution in [0.5, 0.6) is 0 Å². The van der Waals surface area contributed by atoms with Crippen LogP contribution in [0.2, 0.25) is 0 Å². The second-order valence-electron chi connectivity index (χ2n) is 4.64. The molecule has 3 N–H and O–H groups in total. The minimum Gasteiger partial charge on any atom is -0.381 e. The largest absolute Gasteiger partial charge is 0.381 e. The monoisotopic (exact) mass is 330 g/mol. The fourth-order valence-electron chi connectivity index (χ4n) is 2.13. The van der Waals surface area contributed by atoms with Gasteiger partial charge in [0.15, 0.2) is 0 Å². The van der Waals surface area contributed by atoms with E-state index < -0.39 is 17.8 Å². The van der Waals surface area contributed by atoms with Crippen molar-refractivity contribution < 1.29 is 13.9 Å². The number of nitrogens with one attached hydrogen (secondary N) is 1. The molecule has 0 saturated carbocycles. The van der Waals surface area contributed by atoms with E-state index in [1.807, 2.05) is 0 Å². The normalized spacial score (nSPS) is 20.4. The van der Waals surface area contributed by atoms with Gasteiger partial charge in [0.25, 0.3) is 0 Å². The summed E-state index contributed by atoms with van der Waals surface area (Å²) in [7, 11) is 0. The zero-order valence-electron chi connectivity index (χ0n) is 10.4. The Kier molecular flexibility index (Phi) is 4.90. The van der Waals surface area contributed by atoms with Crippen LogP contribution in [-0.4, -0.2) is 25.7 Å². The average molecular weight is 331 g/mol. The maximum atomic E-state index is 13.9. The highest BCUT2D eigenvalue weighted by atomic mass is 79.9. The Morgan fingerprint density at radius 2 is 2.42 bits per heavy atom. The molecular formula is C13H16BrFN2O2. The van der Waals surface area contributed by atoms with Gasteiger partial charge >= 0.3 is 0 Å². The van der Waals surface area contributed by atoms with Crippen LogP contribution in [0, 0.1) is 11.7 Å². The molecule has 0 bridgehead atoms. The molecule has 0 aromatic heterocycles. The molecule has 104 valence electrons. The van der Waals surface area contributed by atoms with Gasteiger partial charge in [-0.2, -0.15) is 0 Å². The standard InChI is InChI=1S/C13H16BrFN2O2/c14-9-1-2-10(11(15)5-9)12(13(16)18)17-6-8-3-4-19-7-8/h1-2,5,8,12,17H,3-4,6-7H2,(H2,16,18)/t8-,12+/m0/s1. The lowest BCUT2D eigenvalue weighted by Gasteiger charge is -2.18. The zero-order valence-corrected chi connectivity index (χ0v) is 12.0. The summed E-state index contributed by atoms with van der Waals surface area (Å²) in [6, 6.07) is 3.77. The van der Waals surface area contributed by atoms with Gasteiger partial charge in [-0.25, -0.2) is 4.39 Å². The van der Waals surface area contributed by atoms with Crippen LogP contribution in [0.4, 0.5) is 4.39 Å². The molecule has 0 aliphatic carbocycles. The molecular weight excluding hydrogens is 315 g/mol. The van der Waals surface area contributed by atoms with Crippen molar-refractivity contribution in [3.05, 3.63) is 34.1 Å². The molecule has 1 aliphatic rings.